The number of nitrogens with zero attached hydrogens (tertiary/aromatic N) is 3. The van der Waals surface area contributed by atoms with E-state index in [0.29, 0.717) is 5.92 Å². The van der Waals surface area contributed by atoms with E-state index >= 15 is 0 Å². The van der Waals surface area contributed by atoms with Crippen LogP contribution in [0.1, 0.15) is 17.9 Å². The number of rotatable bonds is 2. The Morgan fingerprint density at radius 2 is 1.83 bits per heavy atom. The first-order valence-electron chi connectivity index (χ1n) is 8.11. The number of nitrogens with one attached hydrogen (secondary N) is 1. The Hall–Kier alpha value is -2.53. The van der Waals surface area contributed by atoms with Gasteiger partial charge in [-0.25, -0.2) is 0 Å². The molecular weight excluding hydrogens is 316 g/mol. The van der Waals surface area contributed by atoms with Gasteiger partial charge >= 0.3 is 0 Å². The number of likely N-dealkylation sites (tertiary alicyclic amines) is 1. The van der Waals surface area contributed by atoms with Crippen LogP contribution in [0.5, 0.6) is 0 Å². The van der Waals surface area contributed by atoms with Gasteiger partial charge in [-0.05, 0) is 42.4 Å². The first-order valence-corrected chi connectivity index (χ1v) is 8.52. The molecule has 3 aromatic rings. The Morgan fingerprint density at radius 3 is 2.67 bits per heavy atom. The molecule has 1 atom stereocenters. The Morgan fingerprint density at radius 1 is 1.04 bits per heavy atom. The van der Waals surface area contributed by atoms with Gasteiger partial charge in [0, 0.05) is 37.1 Å². The quantitative estimate of drug-likeness (QED) is 0.722. The molecule has 1 aliphatic heterocycles. The van der Waals surface area contributed by atoms with Gasteiger partial charge in [0.15, 0.2) is 5.11 Å². The predicted octanol–water partition coefficient (Wildman–Crippen LogP) is 3.82. The summed E-state index contributed by atoms with van der Waals surface area (Å²) in [5.41, 5.74) is 4.10. The van der Waals surface area contributed by atoms with Crippen molar-refractivity contribution in [2.75, 3.05) is 18.4 Å². The van der Waals surface area contributed by atoms with E-state index in [9.17, 15) is 0 Å². The van der Waals surface area contributed by atoms with Crippen molar-refractivity contribution in [2.45, 2.75) is 12.3 Å². The second-order valence-electron chi connectivity index (χ2n) is 6.03. The molecule has 2 heterocycles. The van der Waals surface area contributed by atoms with Crippen molar-refractivity contribution in [1.29, 1.82) is 0 Å². The second-order valence-corrected chi connectivity index (χ2v) is 6.42. The van der Waals surface area contributed by atoms with E-state index in [2.05, 4.69) is 50.5 Å². The van der Waals surface area contributed by atoms with Crippen LogP contribution in [0.25, 0.3) is 11.0 Å². The maximum absolute atomic E-state index is 5.60. The normalized spacial score (nSPS) is 17.2. The fraction of sp³-hybridized carbons (Fsp3) is 0.211. The number of anilines is 1. The molecule has 0 radical (unpaired) electrons. The molecule has 4 rings (SSSR count). The zero-order valence-corrected chi connectivity index (χ0v) is 14.0. The van der Waals surface area contributed by atoms with Crippen LogP contribution < -0.4 is 5.32 Å². The van der Waals surface area contributed by atoms with E-state index in [1.165, 1.54) is 5.56 Å². The largest absolute Gasteiger partial charge is 0.348 e. The minimum Gasteiger partial charge on any atom is -0.348 e. The van der Waals surface area contributed by atoms with E-state index in [-0.39, 0.29) is 0 Å². The van der Waals surface area contributed by atoms with Gasteiger partial charge in [0.1, 0.15) is 0 Å². The predicted molar refractivity (Wildman–Crippen MR) is 101 cm³/mol. The van der Waals surface area contributed by atoms with Gasteiger partial charge in [-0.3, -0.25) is 9.97 Å². The van der Waals surface area contributed by atoms with Gasteiger partial charge in [-0.15, -0.1) is 0 Å². The van der Waals surface area contributed by atoms with E-state index < -0.39 is 0 Å². The van der Waals surface area contributed by atoms with E-state index in [0.717, 1.165) is 41.3 Å². The maximum Gasteiger partial charge on any atom is 0.173 e. The van der Waals surface area contributed by atoms with Crippen molar-refractivity contribution < 1.29 is 0 Å². The maximum atomic E-state index is 5.60. The molecule has 4 nitrogen and oxygen atoms in total. The monoisotopic (exact) mass is 334 g/mol. The highest BCUT2D eigenvalue weighted by molar-refractivity contribution is 7.80. The first-order chi connectivity index (χ1) is 11.8. The molecular formula is C19H18N4S. The number of aromatic nitrogens is 2. The van der Waals surface area contributed by atoms with Crippen LogP contribution >= 0.6 is 12.2 Å². The fourth-order valence-electron chi connectivity index (χ4n) is 3.19. The number of thiocarbonyl (C=S) groups is 1. The molecule has 0 bridgehead atoms. The van der Waals surface area contributed by atoms with Crippen LogP contribution in [-0.2, 0) is 0 Å². The summed E-state index contributed by atoms with van der Waals surface area (Å²) in [6.07, 6.45) is 4.54. The first kappa shape index (κ1) is 15.0. The smallest absolute Gasteiger partial charge is 0.173 e. The number of hydrogen-bond donors (Lipinski definition) is 1. The van der Waals surface area contributed by atoms with Gasteiger partial charge in [-0.1, -0.05) is 30.3 Å². The van der Waals surface area contributed by atoms with Crippen LogP contribution in [0.3, 0.4) is 0 Å². The van der Waals surface area contributed by atoms with Crippen molar-refractivity contribution in [3.63, 3.8) is 0 Å². The summed E-state index contributed by atoms with van der Waals surface area (Å²) in [7, 11) is 0. The molecule has 0 amide bonds. The molecule has 0 unspecified atom stereocenters. The molecule has 2 aromatic carbocycles. The molecule has 0 aliphatic carbocycles. The van der Waals surface area contributed by atoms with E-state index in [1.807, 2.05) is 18.2 Å². The van der Waals surface area contributed by atoms with E-state index in [1.54, 1.807) is 12.4 Å². The summed E-state index contributed by atoms with van der Waals surface area (Å²) in [5, 5.41) is 4.11. The summed E-state index contributed by atoms with van der Waals surface area (Å²) in [4.78, 5) is 10.9. The number of benzene rings is 2. The van der Waals surface area contributed by atoms with Crippen molar-refractivity contribution in [3.8, 4) is 0 Å². The third-order valence-electron chi connectivity index (χ3n) is 4.47. The second kappa shape index (κ2) is 6.53. The van der Waals surface area contributed by atoms with Gasteiger partial charge in [0.05, 0.1) is 11.0 Å². The van der Waals surface area contributed by atoms with Crippen LogP contribution in [0.4, 0.5) is 5.69 Å². The Balaban J connectivity index is 1.44. The van der Waals surface area contributed by atoms with Gasteiger partial charge < -0.3 is 10.2 Å². The minimum atomic E-state index is 0.549. The minimum absolute atomic E-state index is 0.549. The zero-order chi connectivity index (χ0) is 16.4. The summed E-state index contributed by atoms with van der Waals surface area (Å²) >= 11 is 5.60. The Bertz CT molecular complexity index is 865. The molecule has 1 fully saturated rings. The molecule has 1 saturated heterocycles. The topological polar surface area (TPSA) is 41.1 Å². The van der Waals surface area contributed by atoms with Crippen LogP contribution in [0.15, 0.2) is 60.9 Å². The van der Waals surface area contributed by atoms with Crippen molar-refractivity contribution >= 4 is 34.1 Å². The lowest BCUT2D eigenvalue weighted by Crippen LogP contribution is -2.32. The van der Waals surface area contributed by atoms with Crippen molar-refractivity contribution in [1.82, 2.24) is 14.9 Å². The van der Waals surface area contributed by atoms with Gasteiger partial charge in [0.25, 0.3) is 0 Å². The zero-order valence-electron chi connectivity index (χ0n) is 13.2. The average Bonchev–Trinajstić information content (AvgIpc) is 3.13. The van der Waals surface area contributed by atoms with Gasteiger partial charge in [-0.2, -0.15) is 0 Å². The summed E-state index contributed by atoms with van der Waals surface area (Å²) in [5.74, 6) is 0.549. The van der Waals surface area contributed by atoms with Crippen LogP contribution in [0.2, 0.25) is 0 Å². The van der Waals surface area contributed by atoms with Gasteiger partial charge in [0.2, 0.25) is 0 Å². The standard InChI is InChI=1S/C19H18N4S/c24-19(22-16-6-7-17-18(12-16)21-10-9-20-17)23-11-8-15(13-23)14-4-2-1-3-5-14/h1-7,9-10,12,15H,8,11,13H2,(H,22,24)/t15-/m1/s1. The average molecular weight is 334 g/mol. The number of hydrogen-bond acceptors (Lipinski definition) is 3. The summed E-state index contributed by atoms with van der Waals surface area (Å²) in [6, 6.07) is 16.6. The molecule has 0 spiro atoms. The Kier molecular flexibility index (Phi) is 4.09. The molecule has 1 aromatic heterocycles. The van der Waals surface area contributed by atoms with Crippen molar-refractivity contribution in [2.24, 2.45) is 0 Å². The number of fused-ring (bicyclic) bond motifs is 1. The molecule has 5 heteroatoms. The SMILES string of the molecule is S=C(Nc1ccc2nccnc2c1)N1CC[C@@H](c2ccccc2)C1. The highest BCUT2D eigenvalue weighted by Crippen LogP contribution is 2.27. The van der Waals surface area contributed by atoms with Crippen LogP contribution in [0, 0.1) is 0 Å². The highest BCUT2D eigenvalue weighted by Gasteiger charge is 2.25. The lowest BCUT2D eigenvalue weighted by molar-refractivity contribution is 0.518. The fourth-order valence-corrected chi connectivity index (χ4v) is 3.47. The molecule has 24 heavy (non-hydrogen) atoms. The molecule has 120 valence electrons. The Labute approximate surface area is 146 Å². The third kappa shape index (κ3) is 3.08. The van der Waals surface area contributed by atoms with Crippen molar-refractivity contribution in [3.05, 3.63) is 66.5 Å². The van der Waals surface area contributed by atoms with E-state index in [4.69, 9.17) is 12.2 Å². The van der Waals surface area contributed by atoms with Crippen LogP contribution in [-0.4, -0.2) is 33.1 Å². The molecule has 0 saturated carbocycles. The lowest BCUT2D eigenvalue weighted by atomic mass is 9.99. The third-order valence-corrected chi connectivity index (χ3v) is 4.83. The highest BCUT2D eigenvalue weighted by atomic mass is 32.1. The lowest BCUT2D eigenvalue weighted by Gasteiger charge is -2.21. The molecule has 1 N–H and O–H groups in total. The summed E-state index contributed by atoms with van der Waals surface area (Å²) < 4.78 is 0. The molecule has 1 aliphatic rings. The summed E-state index contributed by atoms with van der Waals surface area (Å²) in [6.45, 7) is 1.95.